The number of anilines is 2. The van der Waals surface area contributed by atoms with Crippen LogP contribution in [0, 0.1) is 24.2 Å². The van der Waals surface area contributed by atoms with Crippen molar-refractivity contribution in [3.05, 3.63) is 163 Å². The fourth-order valence-corrected chi connectivity index (χ4v) is 7.22. The van der Waals surface area contributed by atoms with Crippen molar-refractivity contribution < 1.29 is 25.8 Å². The van der Waals surface area contributed by atoms with Crippen LogP contribution in [0.15, 0.2) is 133 Å². The van der Waals surface area contributed by atoms with Crippen molar-refractivity contribution in [2.24, 2.45) is 5.41 Å². The summed E-state index contributed by atoms with van der Waals surface area (Å²) in [7, 11) is 0. The van der Waals surface area contributed by atoms with E-state index in [2.05, 4.69) is 211 Å². The molecular weight excluding hydrogens is 868 g/mol. The predicted molar refractivity (Wildman–Crippen MR) is 229 cm³/mol. The maximum Gasteiger partial charge on any atom is 0.135 e. The Labute approximate surface area is 346 Å². The summed E-state index contributed by atoms with van der Waals surface area (Å²) < 4.78 is 8.97. The number of aromatic nitrogens is 2. The fourth-order valence-electron chi connectivity index (χ4n) is 7.22. The normalized spacial score (nSPS) is 13.6. The van der Waals surface area contributed by atoms with Crippen molar-refractivity contribution in [3.63, 3.8) is 0 Å². The van der Waals surface area contributed by atoms with Crippen molar-refractivity contribution in [1.29, 1.82) is 0 Å². The van der Waals surface area contributed by atoms with E-state index in [4.69, 9.17) is 9.72 Å². The van der Waals surface area contributed by atoms with Gasteiger partial charge in [0.05, 0.1) is 0 Å². The maximum atomic E-state index is 6.77. The smallest absolute Gasteiger partial charge is 0.135 e. The van der Waals surface area contributed by atoms with Crippen molar-refractivity contribution in [2.45, 2.75) is 73.1 Å². The standard InChI is InChI=1S/C50H49N4O.Pt/c1-48(2,3)36-24-25-51-47(29-36)54-44-21-14-13-20-42(44)43-23-22-40(31-45(43)54)55-41-28-37(49(4,5)6)27-39(30-41)53-33-52(32-46(53)50(7,8)9)38-19-15-18-35(26-38)34-16-11-10-12-17-34;/h10-29,32-33H,1-9H3;/q-3;. The zero-order valence-electron chi connectivity index (χ0n) is 33.7. The average Bonchev–Trinajstić information content (AvgIpc) is 3.75. The number of fused-ring (bicyclic) bond motifs is 3. The van der Waals surface area contributed by atoms with Gasteiger partial charge in [-0.3, -0.25) is 0 Å². The molecule has 0 atom stereocenters. The average molecular weight is 917 g/mol. The summed E-state index contributed by atoms with van der Waals surface area (Å²) in [5.74, 6) is 2.12. The van der Waals surface area contributed by atoms with Crippen molar-refractivity contribution in [3.8, 4) is 28.4 Å². The first kappa shape index (κ1) is 39.1. The van der Waals surface area contributed by atoms with Gasteiger partial charge in [0.2, 0.25) is 0 Å². The van der Waals surface area contributed by atoms with Crippen LogP contribution in [0.2, 0.25) is 0 Å². The predicted octanol–water partition coefficient (Wildman–Crippen LogP) is 13.2. The van der Waals surface area contributed by atoms with E-state index >= 15 is 0 Å². The molecule has 288 valence electrons. The summed E-state index contributed by atoms with van der Waals surface area (Å²) >= 11 is 0. The van der Waals surface area contributed by atoms with E-state index < -0.39 is 0 Å². The zero-order valence-corrected chi connectivity index (χ0v) is 36.0. The number of hydrogen-bond donors (Lipinski definition) is 0. The maximum absolute atomic E-state index is 6.77. The van der Waals surface area contributed by atoms with E-state index in [9.17, 15) is 0 Å². The van der Waals surface area contributed by atoms with Gasteiger partial charge in [0.1, 0.15) is 5.82 Å². The van der Waals surface area contributed by atoms with Gasteiger partial charge in [0.25, 0.3) is 0 Å². The Balaban J connectivity index is 0.00000480. The Morgan fingerprint density at radius 3 is 2.05 bits per heavy atom. The van der Waals surface area contributed by atoms with Crippen LogP contribution in [0.5, 0.6) is 11.5 Å². The monoisotopic (exact) mass is 916 g/mol. The van der Waals surface area contributed by atoms with E-state index in [1.165, 1.54) is 16.7 Å². The Morgan fingerprint density at radius 2 is 1.32 bits per heavy atom. The summed E-state index contributed by atoms with van der Waals surface area (Å²) in [6.07, 6.45) is 4.15. The number of hydrogen-bond acceptors (Lipinski definition) is 4. The molecule has 0 aliphatic carbocycles. The van der Waals surface area contributed by atoms with Gasteiger partial charge in [-0.2, -0.15) is 6.07 Å². The molecule has 1 aliphatic heterocycles. The van der Waals surface area contributed by atoms with E-state index in [-0.39, 0.29) is 37.3 Å². The number of rotatable bonds is 6. The molecule has 2 aromatic heterocycles. The van der Waals surface area contributed by atoms with Gasteiger partial charge in [-0.05, 0) is 69.4 Å². The molecule has 0 bridgehead atoms. The first-order chi connectivity index (χ1) is 26.1. The van der Waals surface area contributed by atoms with Gasteiger partial charge in [-0.1, -0.05) is 128 Å². The number of para-hydroxylation sites is 1. The number of allylic oxidation sites excluding steroid dienone is 1. The Hall–Kier alpha value is -5.12. The van der Waals surface area contributed by atoms with E-state index in [0.29, 0.717) is 11.5 Å². The minimum atomic E-state index is -0.153. The number of nitrogens with zero attached hydrogens (tertiary/aromatic N) is 4. The molecule has 0 fully saturated rings. The first-order valence-corrected chi connectivity index (χ1v) is 19.1. The quantitative estimate of drug-likeness (QED) is 0.156. The molecule has 0 unspecified atom stereocenters. The molecule has 0 saturated carbocycles. The van der Waals surface area contributed by atoms with Crippen LogP contribution in [-0.2, 0) is 31.9 Å². The van der Waals surface area contributed by atoms with Crippen molar-refractivity contribution >= 4 is 33.2 Å². The van der Waals surface area contributed by atoms with Gasteiger partial charge in [-0.25, -0.2) is 4.98 Å². The molecule has 8 rings (SSSR count). The number of pyridine rings is 1. The molecule has 5 aromatic carbocycles. The number of benzene rings is 5. The minimum absolute atomic E-state index is 0. The molecule has 0 saturated heterocycles. The van der Waals surface area contributed by atoms with Gasteiger partial charge < -0.3 is 19.1 Å². The summed E-state index contributed by atoms with van der Waals surface area (Å²) in [5.41, 5.74) is 9.62. The third kappa shape index (κ3) is 7.67. The van der Waals surface area contributed by atoms with Crippen LogP contribution in [0.4, 0.5) is 11.4 Å². The minimum Gasteiger partial charge on any atom is -0.509 e. The molecule has 5 nitrogen and oxygen atoms in total. The van der Waals surface area contributed by atoms with E-state index in [1.807, 2.05) is 12.3 Å². The fraction of sp³-hybridized carbons (Fsp3) is 0.240. The van der Waals surface area contributed by atoms with Crippen LogP contribution in [0.1, 0.15) is 73.4 Å². The summed E-state index contributed by atoms with van der Waals surface area (Å²) in [4.78, 5) is 9.33. The van der Waals surface area contributed by atoms with Crippen LogP contribution in [0.25, 0.3) is 38.8 Å². The molecule has 7 aromatic rings. The Kier molecular flexibility index (Phi) is 10.3. The third-order valence-electron chi connectivity index (χ3n) is 10.4. The third-order valence-corrected chi connectivity index (χ3v) is 10.4. The van der Waals surface area contributed by atoms with Crippen LogP contribution in [0.3, 0.4) is 0 Å². The summed E-state index contributed by atoms with van der Waals surface area (Å²) in [6.45, 7) is 22.3. The second-order valence-corrected chi connectivity index (χ2v) is 17.6. The molecule has 0 N–H and O–H groups in total. The molecule has 0 radical (unpaired) electrons. The van der Waals surface area contributed by atoms with Gasteiger partial charge in [-0.15, -0.1) is 53.6 Å². The second kappa shape index (κ2) is 14.8. The van der Waals surface area contributed by atoms with E-state index in [1.54, 1.807) is 0 Å². The molecular formula is C50H49N4OPt-3. The first-order valence-electron chi connectivity index (χ1n) is 19.1. The van der Waals surface area contributed by atoms with Crippen LogP contribution < -0.4 is 14.5 Å². The molecule has 1 aliphatic rings. The van der Waals surface area contributed by atoms with E-state index in [0.717, 1.165) is 50.3 Å². The zero-order chi connectivity index (χ0) is 38.7. The van der Waals surface area contributed by atoms with Gasteiger partial charge in [0.15, 0.2) is 0 Å². The largest absolute Gasteiger partial charge is 0.509 e. The Bertz CT molecular complexity index is 2570. The van der Waals surface area contributed by atoms with Crippen LogP contribution >= 0.6 is 0 Å². The number of ether oxygens (including phenoxy) is 1. The SMILES string of the molecule is CC(C)(C)C1=CN(c2cccc(-c3ccccc3)c2)[CH-]N1c1[c-]c(Oc2[c-]c3c(cc2)c2ccccc2n3-c2cc(C(C)(C)C)ccn2)cc(C(C)(C)C)c1.[Pt]. The van der Waals surface area contributed by atoms with Gasteiger partial charge >= 0.3 is 0 Å². The summed E-state index contributed by atoms with van der Waals surface area (Å²) in [6, 6.07) is 47.8. The summed E-state index contributed by atoms with van der Waals surface area (Å²) in [5, 5.41) is 2.25. The Morgan fingerprint density at radius 1 is 0.607 bits per heavy atom. The molecule has 0 spiro atoms. The van der Waals surface area contributed by atoms with Crippen LogP contribution in [-0.4, -0.2) is 9.55 Å². The topological polar surface area (TPSA) is 33.5 Å². The second-order valence-electron chi connectivity index (χ2n) is 17.6. The molecule has 0 amide bonds. The molecule has 6 heteroatoms. The van der Waals surface area contributed by atoms with Gasteiger partial charge in [0, 0.05) is 61.1 Å². The molecule has 56 heavy (non-hydrogen) atoms. The van der Waals surface area contributed by atoms with Crippen molar-refractivity contribution in [2.75, 3.05) is 9.80 Å². The molecule has 3 heterocycles. The van der Waals surface area contributed by atoms with Crippen molar-refractivity contribution in [1.82, 2.24) is 9.55 Å².